The zero-order valence-electron chi connectivity index (χ0n) is 23.1. The molecule has 3 saturated carbocycles. The second-order valence-electron chi connectivity index (χ2n) is 13.0. The van der Waals surface area contributed by atoms with Crippen molar-refractivity contribution in [3.8, 4) is 0 Å². The minimum absolute atomic E-state index is 0.288. The maximum atomic E-state index is 13.1. The van der Waals surface area contributed by atoms with Gasteiger partial charge in [0.25, 0.3) is 0 Å². The van der Waals surface area contributed by atoms with E-state index in [2.05, 4.69) is 46.7 Å². The first-order valence-corrected chi connectivity index (χ1v) is 16.9. The molecule has 4 fully saturated rings. The van der Waals surface area contributed by atoms with Crippen molar-refractivity contribution in [3.63, 3.8) is 0 Å². The van der Waals surface area contributed by atoms with E-state index in [9.17, 15) is 13.2 Å². The molecule has 0 aromatic heterocycles. The van der Waals surface area contributed by atoms with E-state index in [1.54, 1.807) is 0 Å². The van der Waals surface area contributed by atoms with Crippen molar-refractivity contribution in [2.45, 2.75) is 75.0 Å². The third-order valence-electron chi connectivity index (χ3n) is 10.4. The van der Waals surface area contributed by atoms with Crippen LogP contribution in [0.2, 0.25) is 0 Å². The first kappa shape index (κ1) is 24.9. The number of carbonyl (C=O) groups excluding carboxylic acids is 1. The Hall–Kier alpha value is -2.86. The fourth-order valence-electron chi connectivity index (χ4n) is 7.71. The molecule has 1 heterocycles. The summed E-state index contributed by atoms with van der Waals surface area (Å²) in [5.41, 5.74) is 7.49. The predicted molar refractivity (Wildman–Crippen MR) is 161 cm³/mol. The van der Waals surface area contributed by atoms with E-state index in [1.807, 2.05) is 6.08 Å². The van der Waals surface area contributed by atoms with Crippen molar-refractivity contribution in [2.75, 3.05) is 24.5 Å². The Morgan fingerprint density at radius 2 is 1.80 bits per heavy atom. The summed E-state index contributed by atoms with van der Waals surface area (Å²) in [6, 6.07) is 9.75. The van der Waals surface area contributed by atoms with Crippen LogP contribution in [-0.4, -0.2) is 50.2 Å². The van der Waals surface area contributed by atoms with Crippen molar-refractivity contribution < 1.29 is 13.2 Å². The number of allylic oxidation sites excluding steroid dienone is 3. The zero-order valence-corrected chi connectivity index (χ0v) is 24.0. The maximum Gasteiger partial charge on any atom is 0.226 e. The third kappa shape index (κ3) is 4.08. The molecule has 0 N–H and O–H groups in total. The highest BCUT2D eigenvalue weighted by Crippen LogP contribution is 2.49. The number of benzene rings is 2. The van der Waals surface area contributed by atoms with E-state index in [0.717, 1.165) is 61.9 Å². The quantitative estimate of drug-likeness (QED) is 0.430. The molecule has 5 nitrogen and oxygen atoms in total. The van der Waals surface area contributed by atoms with E-state index in [4.69, 9.17) is 0 Å². The Balaban J connectivity index is 1.20. The van der Waals surface area contributed by atoms with Gasteiger partial charge in [0.05, 0.1) is 11.3 Å². The molecule has 0 bridgehead atoms. The monoisotopic (exact) mass is 554 g/mol. The average molecular weight is 555 g/mol. The van der Waals surface area contributed by atoms with Crippen LogP contribution in [-0.2, 0) is 21.1 Å². The van der Waals surface area contributed by atoms with Crippen LogP contribution in [0.25, 0.3) is 16.3 Å². The molecule has 0 radical (unpaired) electrons. The fraction of sp³-hybridized carbons (Fsp3) is 0.500. The van der Waals surface area contributed by atoms with Crippen molar-refractivity contribution in [1.29, 1.82) is 0 Å². The van der Waals surface area contributed by atoms with Gasteiger partial charge in [-0.15, -0.1) is 0 Å². The Morgan fingerprint density at radius 1 is 0.975 bits per heavy atom. The highest BCUT2D eigenvalue weighted by atomic mass is 32.2. The van der Waals surface area contributed by atoms with Gasteiger partial charge >= 0.3 is 0 Å². The molecule has 2 atom stereocenters. The van der Waals surface area contributed by atoms with Crippen LogP contribution in [0.1, 0.15) is 74.0 Å². The van der Waals surface area contributed by atoms with E-state index < -0.39 is 15.1 Å². The molecule has 6 aliphatic rings. The summed E-state index contributed by atoms with van der Waals surface area (Å²) in [5.74, 6) is 1.98. The van der Waals surface area contributed by atoms with Gasteiger partial charge in [0, 0.05) is 36.6 Å². The molecular formula is C34H38N2O3S. The van der Waals surface area contributed by atoms with Gasteiger partial charge < -0.3 is 9.80 Å². The van der Waals surface area contributed by atoms with Crippen LogP contribution in [0.3, 0.4) is 0 Å². The number of sulfone groups is 1. The number of hydrogen-bond donors (Lipinski definition) is 0. The molecule has 5 aliphatic carbocycles. The molecule has 40 heavy (non-hydrogen) atoms. The Morgan fingerprint density at radius 3 is 2.52 bits per heavy atom. The van der Waals surface area contributed by atoms with Gasteiger partial charge in [-0.25, -0.2) is 8.42 Å². The van der Waals surface area contributed by atoms with Gasteiger partial charge in [-0.2, -0.15) is 0 Å². The van der Waals surface area contributed by atoms with Gasteiger partial charge in [-0.05, 0) is 120 Å². The second-order valence-corrected chi connectivity index (χ2v) is 15.1. The molecule has 1 aliphatic heterocycles. The lowest BCUT2D eigenvalue weighted by atomic mass is 9.78. The van der Waals surface area contributed by atoms with Crippen LogP contribution in [0.15, 0.2) is 54.0 Å². The minimum Gasteiger partial charge on any atom is -0.368 e. The third-order valence-corrected chi connectivity index (χ3v) is 12.1. The van der Waals surface area contributed by atoms with Crippen LogP contribution < -0.4 is 4.90 Å². The standard InChI is InChI=1S/C34H38N2O3S/c1-2-40(38,39)33-5-3-4-25-26-12-13-28-30(21-6-7-21)18-24(19-31(28)27(26)14-15-29(25)33)35-16-17-36(34(37)23-10-11-23)32(20-35)22-8-9-22/h2-4,12-13,18-19,21-23,32-33H,1,5-11,14-17,20H2/t32?,33-/m1/s1. The van der Waals surface area contributed by atoms with Gasteiger partial charge in [0.2, 0.25) is 5.91 Å². The highest BCUT2D eigenvalue weighted by molar-refractivity contribution is 7.95. The summed E-state index contributed by atoms with van der Waals surface area (Å²) in [5, 5.41) is 3.35. The van der Waals surface area contributed by atoms with E-state index >= 15 is 0 Å². The summed E-state index contributed by atoms with van der Waals surface area (Å²) < 4.78 is 25.7. The van der Waals surface area contributed by atoms with Crippen LogP contribution in [0, 0.1) is 11.8 Å². The lowest BCUT2D eigenvalue weighted by Crippen LogP contribution is -2.56. The molecule has 8 rings (SSSR count). The summed E-state index contributed by atoms with van der Waals surface area (Å²) >= 11 is 0. The molecule has 6 heteroatoms. The van der Waals surface area contributed by atoms with Crippen molar-refractivity contribution in [3.05, 3.63) is 70.7 Å². The summed E-state index contributed by atoms with van der Waals surface area (Å²) in [6.07, 6.45) is 13.5. The van der Waals surface area contributed by atoms with Crippen molar-refractivity contribution in [1.82, 2.24) is 4.90 Å². The number of amides is 1. The lowest BCUT2D eigenvalue weighted by Gasteiger charge is -2.43. The van der Waals surface area contributed by atoms with Crippen LogP contribution >= 0.6 is 0 Å². The lowest BCUT2D eigenvalue weighted by molar-refractivity contribution is -0.135. The van der Waals surface area contributed by atoms with Crippen LogP contribution in [0.4, 0.5) is 5.69 Å². The topological polar surface area (TPSA) is 57.7 Å². The molecular weight excluding hydrogens is 516 g/mol. The molecule has 0 spiro atoms. The van der Waals surface area contributed by atoms with Gasteiger partial charge in [-0.1, -0.05) is 30.9 Å². The van der Waals surface area contributed by atoms with Gasteiger partial charge in [0.15, 0.2) is 9.84 Å². The Kier molecular flexibility index (Phi) is 5.65. The number of hydrogen-bond acceptors (Lipinski definition) is 4. The largest absolute Gasteiger partial charge is 0.368 e. The first-order chi connectivity index (χ1) is 19.4. The number of piperazine rings is 1. The number of carbonyl (C=O) groups is 1. The molecule has 1 saturated heterocycles. The van der Waals surface area contributed by atoms with Gasteiger partial charge in [0.1, 0.15) is 0 Å². The SMILES string of the molecule is C=CS(=O)(=O)[C@@H]1CC=CC2=C1CCc1c2ccc2c(C3CC3)cc(N3CCN(C(=O)C4CC4)C(C4CC4)C3)cc12. The summed E-state index contributed by atoms with van der Waals surface area (Å²) in [6.45, 7) is 6.27. The zero-order chi connectivity index (χ0) is 27.2. The Labute approximate surface area is 237 Å². The van der Waals surface area contributed by atoms with Crippen molar-refractivity contribution in [2.24, 2.45) is 11.8 Å². The second kappa shape index (κ2) is 9.07. The maximum absolute atomic E-state index is 13.1. The average Bonchev–Trinajstić information content (AvgIpc) is 3.84. The molecule has 1 amide bonds. The fourth-order valence-corrected chi connectivity index (χ4v) is 8.96. The summed E-state index contributed by atoms with van der Waals surface area (Å²) in [7, 11) is -3.37. The number of rotatable bonds is 6. The number of anilines is 1. The number of nitrogens with zero attached hydrogens (tertiary/aromatic N) is 2. The highest BCUT2D eigenvalue weighted by Gasteiger charge is 2.44. The molecule has 2 aromatic rings. The number of fused-ring (bicyclic) bond motifs is 4. The smallest absolute Gasteiger partial charge is 0.226 e. The summed E-state index contributed by atoms with van der Waals surface area (Å²) in [4.78, 5) is 17.9. The number of aryl methyl sites for hydroxylation is 1. The van der Waals surface area contributed by atoms with E-state index in [1.165, 1.54) is 58.8 Å². The minimum atomic E-state index is -3.37. The molecule has 1 unspecified atom stereocenters. The van der Waals surface area contributed by atoms with E-state index in [-0.39, 0.29) is 5.92 Å². The molecule has 2 aromatic carbocycles. The normalized spacial score (nSPS) is 26.6. The Bertz CT molecular complexity index is 1610. The van der Waals surface area contributed by atoms with Crippen LogP contribution in [0.5, 0.6) is 0 Å². The van der Waals surface area contributed by atoms with Crippen molar-refractivity contribution >= 4 is 37.8 Å². The van der Waals surface area contributed by atoms with E-state index in [0.29, 0.717) is 30.2 Å². The molecule has 208 valence electrons. The first-order valence-electron chi connectivity index (χ1n) is 15.3. The predicted octanol–water partition coefficient (Wildman–Crippen LogP) is 6.14. The van der Waals surface area contributed by atoms with Gasteiger partial charge in [-0.3, -0.25) is 4.79 Å².